The predicted molar refractivity (Wildman–Crippen MR) is 83.7 cm³/mol. The van der Waals surface area contributed by atoms with Crippen LogP contribution in [0, 0.1) is 5.82 Å². The van der Waals surface area contributed by atoms with Crippen LogP contribution in [0.1, 0.15) is 30.6 Å². The zero-order chi connectivity index (χ0) is 15.9. The van der Waals surface area contributed by atoms with Gasteiger partial charge in [0.05, 0.1) is 12.5 Å². The Bertz CT molecular complexity index is 598. The molecule has 4 heteroatoms. The second-order valence-electron chi connectivity index (χ2n) is 5.43. The fourth-order valence-corrected chi connectivity index (χ4v) is 2.32. The summed E-state index contributed by atoms with van der Waals surface area (Å²) >= 11 is 0. The molecule has 2 atom stereocenters. The van der Waals surface area contributed by atoms with E-state index < -0.39 is 6.10 Å². The molecule has 0 aliphatic carbocycles. The van der Waals surface area contributed by atoms with Crippen molar-refractivity contribution >= 4 is 5.91 Å². The van der Waals surface area contributed by atoms with E-state index in [1.165, 1.54) is 12.1 Å². The largest absolute Gasteiger partial charge is 0.388 e. The molecule has 1 amide bonds. The van der Waals surface area contributed by atoms with E-state index in [0.29, 0.717) is 6.42 Å². The van der Waals surface area contributed by atoms with Crippen LogP contribution in [0.2, 0.25) is 0 Å². The first-order valence-electron chi connectivity index (χ1n) is 7.31. The third-order valence-electron chi connectivity index (χ3n) is 3.45. The lowest BCUT2D eigenvalue weighted by Gasteiger charge is -2.18. The van der Waals surface area contributed by atoms with Gasteiger partial charge in [0.15, 0.2) is 0 Å². The Balaban J connectivity index is 1.82. The maximum atomic E-state index is 12.8. The SMILES string of the molecule is C[C@H](C[C@@H](O)c1ccccc1)NC(=O)Cc1ccc(F)cc1. The highest BCUT2D eigenvalue weighted by Gasteiger charge is 2.14. The highest BCUT2D eigenvalue weighted by atomic mass is 19.1. The molecule has 0 unspecified atom stereocenters. The standard InChI is InChI=1S/C18H20FNO2/c1-13(11-17(21)15-5-3-2-4-6-15)20-18(22)12-14-7-9-16(19)10-8-14/h2-10,13,17,21H,11-12H2,1H3,(H,20,22)/t13-,17-/m1/s1. The summed E-state index contributed by atoms with van der Waals surface area (Å²) in [4.78, 5) is 11.9. The van der Waals surface area contributed by atoms with Gasteiger partial charge in [-0.25, -0.2) is 4.39 Å². The van der Waals surface area contributed by atoms with Crippen molar-refractivity contribution in [1.29, 1.82) is 0 Å². The molecule has 0 heterocycles. The van der Waals surface area contributed by atoms with Crippen molar-refractivity contribution in [2.24, 2.45) is 0 Å². The third kappa shape index (κ3) is 4.97. The van der Waals surface area contributed by atoms with E-state index >= 15 is 0 Å². The first-order valence-corrected chi connectivity index (χ1v) is 7.31. The average Bonchev–Trinajstić information content (AvgIpc) is 2.50. The zero-order valence-corrected chi connectivity index (χ0v) is 12.5. The second-order valence-corrected chi connectivity index (χ2v) is 5.43. The van der Waals surface area contributed by atoms with Crippen LogP contribution in [0.5, 0.6) is 0 Å². The summed E-state index contributed by atoms with van der Waals surface area (Å²) in [5.74, 6) is -0.456. The summed E-state index contributed by atoms with van der Waals surface area (Å²) in [5.41, 5.74) is 1.59. The molecule has 0 spiro atoms. The summed E-state index contributed by atoms with van der Waals surface area (Å²) in [6, 6.07) is 15.1. The number of carbonyl (C=O) groups is 1. The van der Waals surface area contributed by atoms with Gasteiger partial charge >= 0.3 is 0 Å². The Labute approximate surface area is 129 Å². The first kappa shape index (κ1) is 16.2. The normalized spacial score (nSPS) is 13.4. The van der Waals surface area contributed by atoms with Gasteiger partial charge in [0.25, 0.3) is 0 Å². The molecule has 0 saturated heterocycles. The molecule has 2 rings (SSSR count). The second kappa shape index (κ2) is 7.71. The van der Waals surface area contributed by atoms with Gasteiger partial charge in [-0.15, -0.1) is 0 Å². The Morgan fingerprint density at radius 1 is 1.14 bits per heavy atom. The average molecular weight is 301 g/mol. The third-order valence-corrected chi connectivity index (χ3v) is 3.45. The van der Waals surface area contributed by atoms with Crippen molar-refractivity contribution in [2.75, 3.05) is 0 Å². The number of nitrogens with one attached hydrogen (secondary N) is 1. The molecule has 0 fully saturated rings. The van der Waals surface area contributed by atoms with Crippen LogP contribution < -0.4 is 5.32 Å². The van der Waals surface area contributed by atoms with E-state index in [4.69, 9.17) is 0 Å². The number of carbonyl (C=O) groups excluding carboxylic acids is 1. The molecular weight excluding hydrogens is 281 g/mol. The Kier molecular flexibility index (Phi) is 5.67. The van der Waals surface area contributed by atoms with Crippen LogP contribution in [0.25, 0.3) is 0 Å². The molecule has 22 heavy (non-hydrogen) atoms. The summed E-state index contributed by atoms with van der Waals surface area (Å²) in [7, 11) is 0. The van der Waals surface area contributed by atoms with Gasteiger partial charge in [-0.2, -0.15) is 0 Å². The Hall–Kier alpha value is -2.20. The Morgan fingerprint density at radius 2 is 1.77 bits per heavy atom. The van der Waals surface area contributed by atoms with Gasteiger partial charge < -0.3 is 10.4 Å². The van der Waals surface area contributed by atoms with E-state index in [-0.39, 0.29) is 24.2 Å². The highest BCUT2D eigenvalue weighted by molar-refractivity contribution is 5.78. The maximum Gasteiger partial charge on any atom is 0.224 e. The summed E-state index contributed by atoms with van der Waals surface area (Å²) < 4.78 is 12.8. The summed E-state index contributed by atoms with van der Waals surface area (Å²) in [6.07, 6.45) is 0.0351. The fourth-order valence-electron chi connectivity index (χ4n) is 2.32. The lowest BCUT2D eigenvalue weighted by atomic mass is 10.0. The zero-order valence-electron chi connectivity index (χ0n) is 12.5. The van der Waals surface area contributed by atoms with Crippen LogP contribution in [-0.2, 0) is 11.2 Å². The van der Waals surface area contributed by atoms with Gasteiger partial charge in [-0.3, -0.25) is 4.79 Å². The summed E-state index contributed by atoms with van der Waals surface area (Å²) in [6.45, 7) is 1.86. The van der Waals surface area contributed by atoms with Crippen molar-refractivity contribution in [3.05, 3.63) is 71.5 Å². The molecule has 0 aromatic heterocycles. The molecule has 2 aromatic carbocycles. The number of rotatable bonds is 6. The van der Waals surface area contributed by atoms with Gasteiger partial charge in [0.2, 0.25) is 5.91 Å². The molecule has 2 N–H and O–H groups in total. The number of amides is 1. The van der Waals surface area contributed by atoms with E-state index in [9.17, 15) is 14.3 Å². The van der Waals surface area contributed by atoms with Crippen LogP contribution in [0.4, 0.5) is 4.39 Å². The van der Waals surface area contributed by atoms with Crippen LogP contribution in [-0.4, -0.2) is 17.1 Å². The quantitative estimate of drug-likeness (QED) is 0.861. The van der Waals surface area contributed by atoms with E-state index in [0.717, 1.165) is 11.1 Å². The fraction of sp³-hybridized carbons (Fsp3) is 0.278. The minimum atomic E-state index is -0.609. The van der Waals surface area contributed by atoms with Gasteiger partial charge in [-0.1, -0.05) is 42.5 Å². The molecule has 0 aliphatic rings. The number of benzene rings is 2. The molecule has 0 radical (unpaired) electrons. The molecule has 3 nitrogen and oxygen atoms in total. The van der Waals surface area contributed by atoms with Crippen molar-refractivity contribution in [3.63, 3.8) is 0 Å². The molecule has 0 bridgehead atoms. The minimum Gasteiger partial charge on any atom is -0.388 e. The molecule has 2 aromatic rings. The number of halogens is 1. The smallest absolute Gasteiger partial charge is 0.224 e. The van der Waals surface area contributed by atoms with Gasteiger partial charge in [0, 0.05) is 6.04 Å². The first-order chi connectivity index (χ1) is 10.5. The van der Waals surface area contributed by atoms with E-state index in [1.54, 1.807) is 12.1 Å². The van der Waals surface area contributed by atoms with Crippen molar-refractivity contribution in [3.8, 4) is 0 Å². The van der Waals surface area contributed by atoms with Crippen molar-refractivity contribution in [1.82, 2.24) is 5.32 Å². The highest BCUT2D eigenvalue weighted by Crippen LogP contribution is 2.17. The maximum absolute atomic E-state index is 12.8. The van der Waals surface area contributed by atoms with Gasteiger partial charge in [-0.05, 0) is 36.6 Å². The lowest BCUT2D eigenvalue weighted by molar-refractivity contribution is -0.121. The lowest BCUT2D eigenvalue weighted by Crippen LogP contribution is -2.34. The Morgan fingerprint density at radius 3 is 2.41 bits per heavy atom. The molecule has 0 saturated carbocycles. The van der Waals surface area contributed by atoms with Crippen LogP contribution >= 0.6 is 0 Å². The number of aliphatic hydroxyl groups excluding tert-OH is 1. The van der Waals surface area contributed by atoms with Crippen molar-refractivity contribution < 1.29 is 14.3 Å². The van der Waals surface area contributed by atoms with E-state index in [2.05, 4.69) is 5.32 Å². The number of aliphatic hydroxyl groups is 1. The predicted octanol–water partition coefficient (Wildman–Crippen LogP) is 3.00. The van der Waals surface area contributed by atoms with Crippen molar-refractivity contribution in [2.45, 2.75) is 31.9 Å². The topological polar surface area (TPSA) is 49.3 Å². The number of hydrogen-bond donors (Lipinski definition) is 2. The number of hydrogen-bond acceptors (Lipinski definition) is 2. The molecular formula is C18H20FNO2. The molecule has 0 aliphatic heterocycles. The summed E-state index contributed by atoms with van der Waals surface area (Å²) in [5, 5.41) is 13.0. The monoisotopic (exact) mass is 301 g/mol. The van der Waals surface area contributed by atoms with Gasteiger partial charge in [0.1, 0.15) is 5.82 Å². The van der Waals surface area contributed by atoms with Crippen LogP contribution in [0.15, 0.2) is 54.6 Å². The van der Waals surface area contributed by atoms with Crippen LogP contribution in [0.3, 0.4) is 0 Å². The minimum absolute atomic E-state index is 0.139. The van der Waals surface area contributed by atoms with E-state index in [1.807, 2.05) is 37.3 Å². The molecule has 116 valence electrons.